The van der Waals surface area contributed by atoms with E-state index in [4.69, 9.17) is 5.26 Å². The third-order valence-corrected chi connectivity index (χ3v) is 2.73. The fourth-order valence-electron chi connectivity index (χ4n) is 1.39. The Balaban J connectivity index is 2.28. The molecule has 4 nitrogen and oxygen atoms in total. The fraction of sp³-hybridized carbons (Fsp3) is 0.0833. The van der Waals surface area contributed by atoms with Crippen LogP contribution in [-0.4, -0.2) is 9.97 Å². The van der Waals surface area contributed by atoms with E-state index in [0.717, 1.165) is 15.7 Å². The van der Waals surface area contributed by atoms with Crippen LogP contribution in [0, 0.1) is 18.3 Å². The van der Waals surface area contributed by atoms with Crippen molar-refractivity contribution < 1.29 is 0 Å². The molecule has 1 aromatic heterocycles. The minimum atomic E-state index is 0.345. The zero-order valence-electron chi connectivity index (χ0n) is 9.11. The molecular formula is C12H9BrN4. The Hall–Kier alpha value is -1.93. The number of benzene rings is 1. The van der Waals surface area contributed by atoms with E-state index in [2.05, 4.69) is 31.2 Å². The summed E-state index contributed by atoms with van der Waals surface area (Å²) in [5.74, 6) is 0.613. The highest BCUT2D eigenvalue weighted by Gasteiger charge is 2.02. The van der Waals surface area contributed by atoms with Gasteiger partial charge in [-0.2, -0.15) is 5.26 Å². The van der Waals surface area contributed by atoms with E-state index < -0.39 is 0 Å². The predicted molar refractivity (Wildman–Crippen MR) is 68.9 cm³/mol. The molecule has 84 valence electrons. The SMILES string of the molecule is Cc1cc(Br)ccc1Nc1cc(C#N)ncn1. The molecule has 2 rings (SSSR count). The second kappa shape index (κ2) is 4.93. The molecule has 0 unspecified atom stereocenters. The molecule has 0 amide bonds. The van der Waals surface area contributed by atoms with Gasteiger partial charge in [-0.15, -0.1) is 0 Å². The third-order valence-electron chi connectivity index (χ3n) is 2.23. The Bertz CT molecular complexity index is 589. The number of aromatic nitrogens is 2. The molecule has 0 aliphatic heterocycles. The lowest BCUT2D eigenvalue weighted by atomic mass is 10.2. The lowest BCUT2D eigenvalue weighted by Gasteiger charge is -2.08. The fourth-order valence-corrected chi connectivity index (χ4v) is 1.87. The number of anilines is 2. The molecule has 0 radical (unpaired) electrons. The van der Waals surface area contributed by atoms with Gasteiger partial charge in [0, 0.05) is 16.2 Å². The van der Waals surface area contributed by atoms with Gasteiger partial charge in [-0.1, -0.05) is 15.9 Å². The van der Waals surface area contributed by atoms with Crippen LogP contribution in [0.3, 0.4) is 0 Å². The van der Waals surface area contributed by atoms with Gasteiger partial charge >= 0.3 is 0 Å². The van der Waals surface area contributed by atoms with Crippen LogP contribution in [0.4, 0.5) is 11.5 Å². The Kier molecular flexibility index (Phi) is 3.35. The van der Waals surface area contributed by atoms with Gasteiger partial charge in [-0.25, -0.2) is 9.97 Å². The van der Waals surface area contributed by atoms with Gasteiger partial charge in [0.1, 0.15) is 23.9 Å². The molecule has 0 saturated carbocycles. The van der Waals surface area contributed by atoms with Crippen LogP contribution in [0.2, 0.25) is 0 Å². The summed E-state index contributed by atoms with van der Waals surface area (Å²) in [5, 5.41) is 11.9. The van der Waals surface area contributed by atoms with E-state index in [1.54, 1.807) is 6.07 Å². The Labute approximate surface area is 107 Å². The summed E-state index contributed by atoms with van der Waals surface area (Å²) in [5.41, 5.74) is 2.39. The standard InChI is InChI=1S/C12H9BrN4/c1-8-4-9(13)2-3-11(8)17-12-5-10(6-14)15-7-16-12/h2-5,7H,1H3,(H,15,16,17). The summed E-state index contributed by atoms with van der Waals surface area (Å²) in [6.45, 7) is 2.00. The topological polar surface area (TPSA) is 61.6 Å². The maximum atomic E-state index is 8.74. The average Bonchev–Trinajstić information content (AvgIpc) is 2.33. The molecule has 0 bridgehead atoms. The van der Waals surface area contributed by atoms with Crippen molar-refractivity contribution in [2.75, 3.05) is 5.32 Å². The summed E-state index contributed by atoms with van der Waals surface area (Å²) in [6, 6.07) is 9.50. The van der Waals surface area contributed by atoms with E-state index in [9.17, 15) is 0 Å². The van der Waals surface area contributed by atoms with Gasteiger partial charge in [0.15, 0.2) is 0 Å². The Morgan fingerprint density at radius 2 is 2.12 bits per heavy atom. The normalized spacial score (nSPS) is 9.71. The second-order valence-electron chi connectivity index (χ2n) is 3.48. The molecule has 0 spiro atoms. The van der Waals surface area contributed by atoms with Crippen molar-refractivity contribution in [3.63, 3.8) is 0 Å². The molecule has 1 N–H and O–H groups in total. The van der Waals surface area contributed by atoms with Crippen LogP contribution in [0.1, 0.15) is 11.3 Å². The van der Waals surface area contributed by atoms with Crippen molar-refractivity contribution in [1.82, 2.24) is 9.97 Å². The molecule has 0 atom stereocenters. The maximum absolute atomic E-state index is 8.74. The van der Waals surface area contributed by atoms with Crippen molar-refractivity contribution in [3.05, 3.63) is 46.3 Å². The molecule has 0 saturated heterocycles. The molecule has 1 heterocycles. The van der Waals surface area contributed by atoms with Gasteiger partial charge < -0.3 is 5.32 Å². The van der Waals surface area contributed by atoms with Crippen molar-refractivity contribution in [2.24, 2.45) is 0 Å². The lowest BCUT2D eigenvalue weighted by Crippen LogP contribution is -1.97. The maximum Gasteiger partial charge on any atom is 0.145 e. The first-order chi connectivity index (χ1) is 8.19. The minimum absolute atomic E-state index is 0.345. The lowest BCUT2D eigenvalue weighted by molar-refractivity contribution is 1.14. The molecule has 2 aromatic rings. The first kappa shape index (κ1) is 11.6. The van der Waals surface area contributed by atoms with Crippen LogP contribution in [0.25, 0.3) is 0 Å². The largest absolute Gasteiger partial charge is 0.340 e. The highest BCUT2D eigenvalue weighted by Crippen LogP contribution is 2.22. The number of rotatable bonds is 2. The summed E-state index contributed by atoms with van der Waals surface area (Å²) in [6.07, 6.45) is 1.37. The average molecular weight is 289 g/mol. The molecule has 0 aliphatic rings. The molecule has 17 heavy (non-hydrogen) atoms. The van der Waals surface area contributed by atoms with Gasteiger partial charge in [0.25, 0.3) is 0 Å². The van der Waals surface area contributed by atoms with Crippen LogP contribution in [0.5, 0.6) is 0 Å². The highest BCUT2D eigenvalue weighted by molar-refractivity contribution is 9.10. The Morgan fingerprint density at radius 3 is 2.82 bits per heavy atom. The van der Waals surface area contributed by atoms with Crippen molar-refractivity contribution in [1.29, 1.82) is 5.26 Å². The number of aryl methyl sites for hydroxylation is 1. The minimum Gasteiger partial charge on any atom is -0.340 e. The van der Waals surface area contributed by atoms with E-state index in [1.807, 2.05) is 31.2 Å². The van der Waals surface area contributed by atoms with Crippen molar-refractivity contribution in [2.45, 2.75) is 6.92 Å². The summed E-state index contributed by atoms with van der Waals surface area (Å²) in [4.78, 5) is 7.88. The summed E-state index contributed by atoms with van der Waals surface area (Å²) < 4.78 is 1.03. The van der Waals surface area contributed by atoms with Gasteiger partial charge in [-0.05, 0) is 30.7 Å². The summed E-state index contributed by atoms with van der Waals surface area (Å²) >= 11 is 3.41. The van der Waals surface area contributed by atoms with E-state index >= 15 is 0 Å². The number of nitrogens with zero attached hydrogens (tertiary/aromatic N) is 3. The van der Waals surface area contributed by atoms with Crippen LogP contribution < -0.4 is 5.32 Å². The first-order valence-electron chi connectivity index (χ1n) is 4.94. The van der Waals surface area contributed by atoms with E-state index in [-0.39, 0.29) is 0 Å². The molecule has 0 aliphatic carbocycles. The second-order valence-corrected chi connectivity index (χ2v) is 4.40. The van der Waals surface area contributed by atoms with E-state index in [1.165, 1.54) is 6.33 Å². The van der Waals surface area contributed by atoms with E-state index in [0.29, 0.717) is 11.5 Å². The van der Waals surface area contributed by atoms with Crippen LogP contribution in [-0.2, 0) is 0 Å². The number of hydrogen-bond acceptors (Lipinski definition) is 4. The van der Waals surface area contributed by atoms with Crippen LogP contribution in [0.15, 0.2) is 35.1 Å². The molecular weight excluding hydrogens is 280 g/mol. The molecule has 0 fully saturated rings. The quantitative estimate of drug-likeness (QED) is 0.922. The Morgan fingerprint density at radius 1 is 1.29 bits per heavy atom. The zero-order chi connectivity index (χ0) is 12.3. The number of halogens is 1. The number of nitriles is 1. The van der Waals surface area contributed by atoms with Crippen LogP contribution >= 0.6 is 15.9 Å². The summed E-state index contributed by atoms with van der Waals surface area (Å²) in [7, 11) is 0. The van der Waals surface area contributed by atoms with Crippen molar-refractivity contribution >= 4 is 27.4 Å². The molecule has 1 aromatic carbocycles. The van der Waals surface area contributed by atoms with Gasteiger partial charge in [0.05, 0.1) is 0 Å². The zero-order valence-corrected chi connectivity index (χ0v) is 10.7. The van der Waals surface area contributed by atoms with Crippen molar-refractivity contribution in [3.8, 4) is 6.07 Å². The number of hydrogen-bond donors (Lipinski definition) is 1. The highest BCUT2D eigenvalue weighted by atomic mass is 79.9. The smallest absolute Gasteiger partial charge is 0.145 e. The molecule has 5 heteroatoms. The third kappa shape index (κ3) is 2.80. The first-order valence-corrected chi connectivity index (χ1v) is 5.73. The van der Waals surface area contributed by atoms with Gasteiger partial charge in [0.2, 0.25) is 0 Å². The number of nitrogens with one attached hydrogen (secondary N) is 1. The monoisotopic (exact) mass is 288 g/mol. The predicted octanol–water partition coefficient (Wildman–Crippen LogP) is 3.16. The van der Waals surface area contributed by atoms with Gasteiger partial charge in [-0.3, -0.25) is 0 Å².